The highest BCUT2D eigenvalue weighted by atomic mass is 32.1. The fourth-order valence-corrected chi connectivity index (χ4v) is 3.07. The number of hydrogen-bond acceptors (Lipinski definition) is 3. The molecule has 2 aromatic rings. The summed E-state index contributed by atoms with van der Waals surface area (Å²) < 4.78 is 41.8. The summed E-state index contributed by atoms with van der Waals surface area (Å²) in [6.45, 7) is 4.51. The van der Waals surface area contributed by atoms with E-state index in [0.29, 0.717) is 12.1 Å². The topological polar surface area (TPSA) is 21.3 Å². The van der Waals surface area contributed by atoms with Crippen LogP contribution < -0.4 is 10.1 Å². The third-order valence-electron chi connectivity index (χ3n) is 3.07. The van der Waals surface area contributed by atoms with Crippen molar-refractivity contribution < 1.29 is 17.9 Å². The van der Waals surface area contributed by atoms with Gasteiger partial charge in [0, 0.05) is 5.56 Å². The molecule has 2 rings (SSSR count). The molecule has 0 radical (unpaired) electrons. The van der Waals surface area contributed by atoms with Crippen LogP contribution in [0.4, 0.5) is 13.2 Å². The van der Waals surface area contributed by atoms with Crippen LogP contribution in [0.2, 0.25) is 0 Å². The molecule has 0 aliphatic heterocycles. The van der Waals surface area contributed by atoms with Gasteiger partial charge >= 0.3 is 6.36 Å². The number of halogens is 3. The molecule has 6 heteroatoms. The zero-order valence-corrected chi connectivity index (χ0v) is 12.5. The number of para-hydroxylation sites is 1. The largest absolute Gasteiger partial charge is 0.573 e. The quantitative estimate of drug-likeness (QED) is 0.867. The lowest BCUT2D eigenvalue weighted by Crippen LogP contribution is -2.25. The molecule has 1 aromatic heterocycles. The Morgan fingerprint density at radius 1 is 1.19 bits per heavy atom. The molecule has 0 amide bonds. The first-order valence-corrected chi connectivity index (χ1v) is 7.47. The van der Waals surface area contributed by atoms with Gasteiger partial charge in [-0.25, -0.2) is 0 Å². The normalized spacial score (nSPS) is 13.2. The van der Waals surface area contributed by atoms with Crippen LogP contribution in [-0.4, -0.2) is 12.9 Å². The van der Waals surface area contributed by atoms with E-state index in [1.54, 1.807) is 12.1 Å². The lowest BCUT2D eigenvalue weighted by atomic mass is 9.97. The molecule has 1 unspecified atom stereocenters. The van der Waals surface area contributed by atoms with Gasteiger partial charge < -0.3 is 10.1 Å². The minimum absolute atomic E-state index is 0.165. The Morgan fingerprint density at radius 3 is 2.48 bits per heavy atom. The van der Waals surface area contributed by atoms with Gasteiger partial charge in [0.05, 0.1) is 6.04 Å². The predicted molar refractivity (Wildman–Crippen MR) is 77.7 cm³/mol. The Labute approximate surface area is 125 Å². The number of thiophene rings is 1. The first kappa shape index (κ1) is 15.9. The molecule has 0 aliphatic rings. The van der Waals surface area contributed by atoms with Crippen molar-refractivity contribution in [2.24, 2.45) is 0 Å². The van der Waals surface area contributed by atoms with Crippen LogP contribution in [0, 0.1) is 6.92 Å². The second-order valence-electron chi connectivity index (χ2n) is 4.59. The number of nitrogens with one attached hydrogen (secondary N) is 1. The summed E-state index contributed by atoms with van der Waals surface area (Å²) in [5.74, 6) is -0.165. The van der Waals surface area contributed by atoms with E-state index in [4.69, 9.17) is 0 Å². The van der Waals surface area contributed by atoms with Gasteiger partial charge in [-0.2, -0.15) is 11.3 Å². The highest BCUT2D eigenvalue weighted by molar-refractivity contribution is 7.08. The number of alkyl halides is 3. The van der Waals surface area contributed by atoms with Crippen molar-refractivity contribution in [2.75, 3.05) is 6.54 Å². The number of ether oxygens (including phenoxy) is 1. The lowest BCUT2D eigenvalue weighted by Gasteiger charge is -2.22. The molecule has 2 nitrogen and oxygen atoms in total. The lowest BCUT2D eigenvalue weighted by molar-refractivity contribution is -0.275. The molecule has 0 fully saturated rings. The number of benzene rings is 1. The SMILES string of the molecule is CCNC(c1cscc1C)c1ccccc1OC(F)(F)F. The Morgan fingerprint density at radius 2 is 1.90 bits per heavy atom. The van der Waals surface area contributed by atoms with Gasteiger partial charge in [-0.3, -0.25) is 0 Å². The maximum absolute atomic E-state index is 12.6. The predicted octanol–water partition coefficient (Wildman–Crippen LogP) is 4.65. The van der Waals surface area contributed by atoms with Gasteiger partial charge in [0.25, 0.3) is 0 Å². The van der Waals surface area contributed by atoms with E-state index in [2.05, 4.69) is 10.1 Å². The Hall–Kier alpha value is -1.53. The van der Waals surface area contributed by atoms with Crippen LogP contribution in [0.1, 0.15) is 29.7 Å². The minimum atomic E-state index is -4.70. The molecule has 1 N–H and O–H groups in total. The molecular weight excluding hydrogens is 299 g/mol. The molecule has 0 aliphatic carbocycles. The standard InChI is InChI=1S/C15H16F3NOS/c1-3-19-14(12-9-21-8-10(12)2)11-6-4-5-7-13(11)20-15(16,17)18/h4-9,14,19H,3H2,1-2H3. The minimum Gasteiger partial charge on any atom is -0.405 e. The molecule has 114 valence electrons. The van der Waals surface area contributed by atoms with E-state index in [-0.39, 0.29) is 11.8 Å². The van der Waals surface area contributed by atoms with Crippen molar-refractivity contribution in [3.8, 4) is 5.75 Å². The fourth-order valence-electron chi connectivity index (χ4n) is 2.19. The van der Waals surface area contributed by atoms with Gasteiger partial charge in [-0.1, -0.05) is 25.1 Å². The van der Waals surface area contributed by atoms with Gasteiger partial charge in [0.15, 0.2) is 0 Å². The maximum atomic E-state index is 12.6. The molecule has 0 spiro atoms. The average Bonchev–Trinajstić information content (AvgIpc) is 2.81. The summed E-state index contributed by atoms with van der Waals surface area (Å²) >= 11 is 1.53. The second-order valence-corrected chi connectivity index (χ2v) is 5.33. The zero-order valence-electron chi connectivity index (χ0n) is 11.7. The molecular formula is C15H16F3NOS. The zero-order chi connectivity index (χ0) is 15.5. The summed E-state index contributed by atoms with van der Waals surface area (Å²) in [6.07, 6.45) is -4.70. The fraction of sp³-hybridized carbons (Fsp3) is 0.333. The van der Waals surface area contributed by atoms with Crippen LogP contribution in [0.25, 0.3) is 0 Å². The van der Waals surface area contributed by atoms with E-state index < -0.39 is 6.36 Å². The van der Waals surface area contributed by atoms with E-state index in [9.17, 15) is 13.2 Å². The van der Waals surface area contributed by atoms with Crippen LogP contribution in [0.3, 0.4) is 0 Å². The van der Waals surface area contributed by atoms with Crippen LogP contribution in [0.5, 0.6) is 5.75 Å². The Kier molecular flexibility index (Phi) is 4.90. The monoisotopic (exact) mass is 315 g/mol. The highest BCUT2D eigenvalue weighted by Gasteiger charge is 2.33. The van der Waals surface area contributed by atoms with Crippen molar-refractivity contribution in [3.05, 3.63) is 51.7 Å². The van der Waals surface area contributed by atoms with E-state index in [1.165, 1.54) is 23.5 Å². The molecule has 1 atom stereocenters. The first-order valence-electron chi connectivity index (χ1n) is 6.53. The molecule has 0 saturated heterocycles. The van der Waals surface area contributed by atoms with Crippen molar-refractivity contribution in [2.45, 2.75) is 26.3 Å². The molecule has 0 bridgehead atoms. The van der Waals surface area contributed by atoms with Crippen molar-refractivity contribution in [1.82, 2.24) is 5.32 Å². The van der Waals surface area contributed by atoms with Crippen LogP contribution in [-0.2, 0) is 0 Å². The van der Waals surface area contributed by atoms with Crippen LogP contribution in [0.15, 0.2) is 35.0 Å². The molecule has 1 heterocycles. The van der Waals surface area contributed by atoms with Crippen molar-refractivity contribution >= 4 is 11.3 Å². The van der Waals surface area contributed by atoms with Crippen LogP contribution >= 0.6 is 11.3 Å². The number of hydrogen-bond donors (Lipinski definition) is 1. The van der Waals surface area contributed by atoms with Gasteiger partial charge in [-0.05, 0) is 41.4 Å². The highest BCUT2D eigenvalue weighted by Crippen LogP contribution is 2.35. The summed E-state index contributed by atoms with van der Waals surface area (Å²) in [7, 11) is 0. The third-order valence-corrected chi connectivity index (χ3v) is 3.95. The number of rotatable bonds is 5. The maximum Gasteiger partial charge on any atom is 0.573 e. The smallest absolute Gasteiger partial charge is 0.405 e. The third kappa shape index (κ3) is 3.98. The van der Waals surface area contributed by atoms with Gasteiger partial charge in [-0.15, -0.1) is 13.2 Å². The molecule has 21 heavy (non-hydrogen) atoms. The van der Waals surface area contributed by atoms with Gasteiger partial charge in [0.2, 0.25) is 0 Å². The number of aryl methyl sites for hydroxylation is 1. The van der Waals surface area contributed by atoms with Crippen molar-refractivity contribution in [1.29, 1.82) is 0 Å². The summed E-state index contributed by atoms with van der Waals surface area (Å²) in [6, 6.07) is 5.93. The van der Waals surface area contributed by atoms with E-state index in [0.717, 1.165) is 11.1 Å². The summed E-state index contributed by atoms with van der Waals surface area (Å²) in [5, 5.41) is 7.16. The summed E-state index contributed by atoms with van der Waals surface area (Å²) in [4.78, 5) is 0. The van der Waals surface area contributed by atoms with E-state index >= 15 is 0 Å². The van der Waals surface area contributed by atoms with E-state index in [1.807, 2.05) is 24.6 Å². The first-order chi connectivity index (χ1) is 9.92. The van der Waals surface area contributed by atoms with Crippen molar-refractivity contribution in [3.63, 3.8) is 0 Å². The van der Waals surface area contributed by atoms with Gasteiger partial charge in [0.1, 0.15) is 5.75 Å². The average molecular weight is 315 g/mol. The second kappa shape index (κ2) is 6.49. The Balaban J connectivity index is 2.44. The molecule has 1 aromatic carbocycles. The summed E-state index contributed by atoms with van der Waals surface area (Å²) in [5.41, 5.74) is 2.51. The molecule has 0 saturated carbocycles. The Bertz CT molecular complexity index is 595.